The molecule has 0 saturated heterocycles. The highest BCUT2D eigenvalue weighted by Crippen LogP contribution is 2.39. The number of nitrogens with zero attached hydrogens (tertiary/aromatic N) is 1. The van der Waals surface area contributed by atoms with Crippen molar-refractivity contribution in [2.75, 3.05) is 6.79 Å². The van der Waals surface area contributed by atoms with E-state index >= 15 is 0 Å². The monoisotopic (exact) mass is 249 g/mol. The van der Waals surface area contributed by atoms with E-state index in [1.165, 1.54) is 17.4 Å². The molecule has 2 heterocycles. The quantitative estimate of drug-likeness (QED) is 0.606. The molecule has 17 heavy (non-hydrogen) atoms. The standard InChI is InChI=1S/C11H7NO4S/c13-12(14)2-1-8-3-7-4-9-10(16-6-15-9)5-11(7)17-8/h1-5H,6H2. The topological polar surface area (TPSA) is 61.6 Å². The maximum absolute atomic E-state index is 10.2. The van der Waals surface area contributed by atoms with Gasteiger partial charge in [-0.1, -0.05) is 0 Å². The Balaban J connectivity index is 2.05. The van der Waals surface area contributed by atoms with Gasteiger partial charge in [0, 0.05) is 21.7 Å². The fourth-order valence-electron chi connectivity index (χ4n) is 1.67. The van der Waals surface area contributed by atoms with Crippen LogP contribution in [0.15, 0.2) is 24.4 Å². The van der Waals surface area contributed by atoms with Crippen molar-refractivity contribution in [2.45, 2.75) is 0 Å². The minimum absolute atomic E-state index is 0.251. The van der Waals surface area contributed by atoms with E-state index in [4.69, 9.17) is 9.47 Å². The Morgan fingerprint density at radius 3 is 2.82 bits per heavy atom. The van der Waals surface area contributed by atoms with Crippen molar-refractivity contribution in [1.82, 2.24) is 0 Å². The summed E-state index contributed by atoms with van der Waals surface area (Å²) in [6.07, 6.45) is 2.42. The van der Waals surface area contributed by atoms with Crippen LogP contribution in [0.4, 0.5) is 0 Å². The van der Waals surface area contributed by atoms with Gasteiger partial charge < -0.3 is 9.47 Å². The second kappa shape index (κ2) is 3.74. The second-order valence-electron chi connectivity index (χ2n) is 3.49. The van der Waals surface area contributed by atoms with E-state index in [-0.39, 0.29) is 6.79 Å². The van der Waals surface area contributed by atoms with E-state index in [9.17, 15) is 10.1 Å². The molecule has 5 nitrogen and oxygen atoms in total. The highest BCUT2D eigenvalue weighted by Gasteiger charge is 2.15. The Hall–Kier alpha value is -2.08. The molecule has 1 aliphatic heterocycles. The van der Waals surface area contributed by atoms with Crippen LogP contribution >= 0.6 is 11.3 Å². The normalized spacial score (nSPS) is 13.6. The van der Waals surface area contributed by atoms with Gasteiger partial charge >= 0.3 is 0 Å². The summed E-state index contributed by atoms with van der Waals surface area (Å²) in [5.74, 6) is 1.45. The first-order valence-electron chi connectivity index (χ1n) is 4.87. The van der Waals surface area contributed by atoms with Crippen LogP contribution in [0.5, 0.6) is 11.5 Å². The highest BCUT2D eigenvalue weighted by atomic mass is 32.1. The van der Waals surface area contributed by atoms with E-state index in [1.54, 1.807) is 0 Å². The summed E-state index contributed by atoms with van der Waals surface area (Å²) < 4.78 is 11.6. The van der Waals surface area contributed by atoms with Crippen LogP contribution < -0.4 is 9.47 Å². The van der Waals surface area contributed by atoms with E-state index < -0.39 is 4.92 Å². The van der Waals surface area contributed by atoms with Crippen molar-refractivity contribution < 1.29 is 14.4 Å². The van der Waals surface area contributed by atoms with E-state index in [0.29, 0.717) is 0 Å². The van der Waals surface area contributed by atoms with Crippen molar-refractivity contribution in [3.63, 3.8) is 0 Å². The van der Waals surface area contributed by atoms with Crippen LogP contribution in [0, 0.1) is 10.1 Å². The van der Waals surface area contributed by atoms with Crippen LogP contribution in [-0.2, 0) is 0 Å². The smallest absolute Gasteiger partial charge is 0.235 e. The van der Waals surface area contributed by atoms with Crippen molar-refractivity contribution in [2.24, 2.45) is 0 Å². The van der Waals surface area contributed by atoms with Crippen LogP contribution in [0.3, 0.4) is 0 Å². The average molecular weight is 249 g/mol. The zero-order valence-electron chi connectivity index (χ0n) is 8.58. The molecule has 0 saturated carbocycles. The van der Waals surface area contributed by atoms with Gasteiger partial charge in [0.25, 0.3) is 0 Å². The summed E-state index contributed by atoms with van der Waals surface area (Å²) in [5.41, 5.74) is 0. The molecule has 0 aliphatic carbocycles. The Labute approximate surface area is 100 Å². The number of nitro groups is 1. The van der Waals surface area contributed by atoms with Gasteiger partial charge in [0.05, 0.1) is 4.92 Å². The van der Waals surface area contributed by atoms with Gasteiger partial charge in [0.1, 0.15) is 0 Å². The molecule has 0 amide bonds. The molecule has 0 atom stereocenters. The molecule has 0 N–H and O–H groups in total. The lowest BCUT2D eigenvalue weighted by Gasteiger charge is -1.94. The molecule has 1 aromatic carbocycles. The van der Waals surface area contributed by atoms with Crippen LogP contribution in [0.25, 0.3) is 16.2 Å². The minimum atomic E-state index is -0.476. The maximum atomic E-state index is 10.2. The van der Waals surface area contributed by atoms with Gasteiger partial charge in [-0.15, -0.1) is 11.3 Å². The maximum Gasteiger partial charge on any atom is 0.235 e. The molecule has 1 aliphatic rings. The molecule has 0 fully saturated rings. The number of ether oxygens (including phenoxy) is 2. The van der Waals surface area contributed by atoms with Crippen LogP contribution in [0.1, 0.15) is 4.88 Å². The van der Waals surface area contributed by atoms with E-state index in [1.807, 2.05) is 18.2 Å². The number of thiophene rings is 1. The van der Waals surface area contributed by atoms with Gasteiger partial charge in [0.2, 0.25) is 13.0 Å². The lowest BCUT2D eigenvalue weighted by molar-refractivity contribution is -0.400. The second-order valence-corrected chi connectivity index (χ2v) is 4.61. The molecule has 1 aromatic heterocycles. The van der Waals surface area contributed by atoms with Crippen LogP contribution in [0.2, 0.25) is 0 Å². The molecule has 3 rings (SSSR count). The molecular formula is C11H7NO4S. The summed E-state index contributed by atoms with van der Waals surface area (Å²) in [7, 11) is 0. The predicted octanol–water partition coefficient (Wildman–Crippen LogP) is 2.88. The third-order valence-corrected chi connectivity index (χ3v) is 3.45. The minimum Gasteiger partial charge on any atom is -0.454 e. The third-order valence-electron chi connectivity index (χ3n) is 2.39. The average Bonchev–Trinajstić information content (AvgIpc) is 2.87. The predicted molar refractivity (Wildman–Crippen MR) is 64.0 cm³/mol. The molecule has 86 valence electrons. The molecular weight excluding hydrogens is 242 g/mol. The fourth-order valence-corrected chi connectivity index (χ4v) is 2.64. The number of rotatable bonds is 2. The largest absolute Gasteiger partial charge is 0.454 e. The lowest BCUT2D eigenvalue weighted by Crippen LogP contribution is -1.92. The number of fused-ring (bicyclic) bond motifs is 2. The fraction of sp³-hybridized carbons (Fsp3) is 0.0909. The van der Waals surface area contributed by atoms with Gasteiger partial charge in [-0.05, 0) is 17.5 Å². The summed E-state index contributed by atoms with van der Waals surface area (Å²) in [6, 6.07) is 5.67. The molecule has 0 unspecified atom stereocenters. The molecule has 0 bridgehead atoms. The number of hydrogen-bond donors (Lipinski definition) is 0. The van der Waals surface area contributed by atoms with Gasteiger partial charge in [-0.2, -0.15) is 0 Å². The summed E-state index contributed by atoms with van der Waals surface area (Å²) in [5, 5.41) is 11.2. The first kappa shape index (κ1) is 10.1. The van der Waals surface area contributed by atoms with E-state index in [0.717, 1.165) is 32.7 Å². The first-order valence-corrected chi connectivity index (χ1v) is 5.69. The van der Waals surface area contributed by atoms with Gasteiger partial charge in [-0.3, -0.25) is 10.1 Å². The molecule has 6 heteroatoms. The first-order chi connectivity index (χ1) is 8.22. The SMILES string of the molecule is O=[N+]([O-])C=Cc1cc2cc3c(cc2s1)OCO3. The van der Waals surface area contributed by atoms with E-state index in [2.05, 4.69) is 0 Å². The zero-order chi connectivity index (χ0) is 11.8. The summed E-state index contributed by atoms with van der Waals surface area (Å²) in [4.78, 5) is 10.6. The Morgan fingerprint density at radius 2 is 2.06 bits per heavy atom. The zero-order valence-corrected chi connectivity index (χ0v) is 9.40. The van der Waals surface area contributed by atoms with Crippen molar-refractivity contribution in [3.05, 3.63) is 39.4 Å². The Morgan fingerprint density at radius 1 is 1.29 bits per heavy atom. The summed E-state index contributed by atoms with van der Waals surface area (Å²) in [6.45, 7) is 0.251. The van der Waals surface area contributed by atoms with Crippen molar-refractivity contribution in [3.8, 4) is 11.5 Å². The summed E-state index contributed by atoms with van der Waals surface area (Å²) >= 11 is 1.48. The molecule has 0 spiro atoms. The van der Waals surface area contributed by atoms with Crippen molar-refractivity contribution in [1.29, 1.82) is 0 Å². The highest BCUT2D eigenvalue weighted by molar-refractivity contribution is 7.19. The van der Waals surface area contributed by atoms with Crippen molar-refractivity contribution >= 4 is 27.5 Å². The molecule has 0 radical (unpaired) electrons. The number of benzene rings is 1. The van der Waals surface area contributed by atoms with Gasteiger partial charge in [-0.25, -0.2) is 0 Å². The Kier molecular flexibility index (Phi) is 2.22. The third kappa shape index (κ3) is 1.83. The lowest BCUT2D eigenvalue weighted by atomic mass is 10.2. The van der Waals surface area contributed by atoms with Gasteiger partial charge in [0.15, 0.2) is 11.5 Å². The van der Waals surface area contributed by atoms with Crippen LogP contribution in [-0.4, -0.2) is 11.7 Å². The number of hydrogen-bond acceptors (Lipinski definition) is 5. The Bertz CT molecular complexity index is 591. The molecule has 2 aromatic rings.